The summed E-state index contributed by atoms with van der Waals surface area (Å²) in [4.78, 5) is 17.1. The Labute approximate surface area is 180 Å². The Morgan fingerprint density at radius 2 is 1.97 bits per heavy atom. The summed E-state index contributed by atoms with van der Waals surface area (Å²) in [7, 11) is 3.19. The number of hydrogen-bond donors (Lipinski definition) is 0. The average Bonchev–Trinajstić information content (AvgIpc) is 2.79. The second kappa shape index (κ2) is 8.82. The zero-order valence-electron chi connectivity index (χ0n) is 17.0. The SMILES string of the molecule is COc1ccc(OC)c(C2CC(=O)N3CN(Cc4ccccc4)CSC3=C2C#N)c1. The molecule has 30 heavy (non-hydrogen) atoms. The first kappa shape index (κ1) is 20.3. The fraction of sp³-hybridized carbons (Fsp3) is 0.304. The smallest absolute Gasteiger partial charge is 0.229 e. The molecular weight excluding hydrogens is 398 g/mol. The first-order chi connectivity index (χ1) is 14.6. The van der Waals surface area contributed by atoms with Gasteiger partial charge >= 0.3 is 0 Å². The molecule has 4 rings (SSSR count). The van der Waals surface area contributed by atoms with Crippen molar-refractivity contribution in [3.05, 3.63) is 70.3 Å². The third-order valence-corrected chi connectivity index (χ3v) is 6.62. The van der Waals surface area contributed by atoms with E-state index in [1.165, 1.54) is 5.56 Å². The average molecular weight is 422 g/mol. The van der Waals surface area contributed by atoms with Crippen molar-refractivity contribution >= 4 is 17.7 Å². The van der Waals surface area contributed by atoms with Gasteiger partial charge in [-0.25, -0.2) is 0 Å². The molecule has 7 heteroatoms. The molecule has 0 aromatic heterocycles. The second-order valence-corrected chi connectivity index (χ2v) is 8.18. The summed E-state index contributed by atoms with van der Waals surface area (Å²) in [5, 5.41) is 10.8. The number of benzene rings is 2. The maximum Gasteiger partial charge on any atom is 0.229 e. The van der Waals surface area contributed by atoms with E-state index in [1.807, 2.05) is 36.4 Å². The number of carbonyl (C=O) groups is 1. The quantitative estimate of drug-likeness (QED) is 0.729. The van der Waals surface area contributed by atoms with Crippen molar-refractivity contribution in [1.29, 1.82) is 5.26 Å². The Balaban J connectivity index is 1.64. The molecule has 0 bridgehead atoms. The number of fused-ring (bicyclic) bond motifs is 1. The van der Waals surface area contributed by atoms with Crippen LogP contribution in [0.15, 0.2) is 59.1 Å². The standard InChI is InChI=1S/C23H23N3O3S/c1-28-17-8-9-21(29-2)19(10-17)18-11-22(27)26-14-25(13-16-6-4-3-5-7-16)15-30-23(26)20(18)12-24/h3-10,18H,11,13-15H2,1-2H3. The van der Waals surface area contributed by atoms with Crippen LogP contribution >= 0.6 is 11.8 Å². The summed E-state index contributed by atoms with van der Waals surface area (Å²) >= 11 is 1.55. The van der Waals surface area contributed by atoms with Crippen molar-refractivity contribution in [2.75, 3.05) is 26.8 Å². The number of carbonyl (C=O) groups excluding carboxylic acids is 1. The minimum atomic E-state index is -0.341. The maximum atomic E-state index is 13.1. The number of amides is 1. The summed E-state index contributed by atoms with van der Waals surface area (Å²) in [6.07, 6.45) is 0.232. The van der Waals surface area contributed by atoms with Crippen LogP contribution in [-0.4, -0.2) is 42.5 Å². The summed E-state index contributed by atoms with van der Waals surface area (Å²) < 4.78 is 10.9. The number of nitrogens with zero attached hydrogens (tertiary/aromatic N) is 3. The van der Waals surface area contributed by atoms with Crippen LogP contribution in [0.5, 0.6) is 11.5 Å². The molecule has 1 atom stereocenters. The summed E-state index contributed by atoms with van der Waals surface area (Å²) in [5.41, 5.74) is 2.63. The number of hydrogen-bond acceptors (Lipinski definition) is 6. The van der Waals surface area contributed by atoms with E-state index in [0.29, 0.717) is 23.7 Å². The molecule has 0 saturated carbocycles. The van der Waals surface area contributed by atoms with E-state index in [4.69, 9.17) is 9.47 Å². The molecule has 1 amide bonds. The van der Waals surface area contributed by atoms with E-state index in [0.717, 1.165) is 23.0 Å². The van der Waals surface area contributed by atoms with Gasteiger partial charge in [0.25, 0.3) is 0 Å². The van der Waals surface area contributed by atoms with Gasteiger partial charge in [0, 0.05) is 24.4 Å². The summed E-state index contributed by atoms with van der Waals surface area (Å²) in [6.45, 7) is 1.25. The lowest BCUT2D eigenvalue weighted by Crippen LogP contribution is -2.46. The Morgan fingerprint density at radius 1 is 1.17 bits per heavy atom. The summed E-state index contributed by atoms with van der Waals surface area (Å²) in [6, 6.07) is 18.1. The molecule has 2 aliphatic heterocycles. The lowest BCUT2D eigenvalue weighted by Gasteiger charge is -2.41. The van der Waals surface area contributed by atoms with Crippen LogP contribution < -0.4 is 9.47 Å². The lowest BCUT2D eigenvalue weighted by atomic mass is 9.86. The van der Waals surface area contributed by atoms with Crippen molar-refractivity contribution < 1.29 is 14.3 Å². The molecule has 0 aliphatic carbocycles. The Morgan fingerprint density at radius 3 is 2.67 bits per heavy atom. The summed E-state index contributed by atoms with van der Waals surface area (Å²) in [5.74, 6) is 1.73. The number of rotatable bonds is 5. The number of nitriles is 1. The fourth-order valence-corrected chi connectivity index (χ4v) is 5.06. The molecule has 2 aliphatic rings. The molecule has 1 unspecified atom stereocenters. The van der Waals surface area contributed by atoms with Gasteiger partial charge in [-0.05, 0) is 23.8 Å². The van der Waals surface area contributed by atoms with E-state index in [1.54, 1.807) is 30.9 Å². The van der Waals surface area contributed by atoms with Gasteiger partial charge in [0.2, 0.25) is 5.91 Å². The fourth-order valence-electron chi connectivity index (χ4n) is 3.93. The minimum absolute atomic E-state index is 0.0177. The Bertz CT molecular complexity index is 1020. The molecule has 1 saturated heterocycles. The molecule has 0 spiro atoms. The van der Waals surface area contributed by atoms with Crippen molar-refractivity contribution in [3.63, 3.8) is 0 Å². The minimum Gasteiger partial charge on any atom is -0.497 e. The van der Waals surface area contributed by atoms with E-state index >= 15 is 0 Å². The number of ether oxygens (including phenoxy) is 2. The highest BCUT2D eigenvalue weighted by atomic mass is 32.2. The van der Waals surface area contributed by atoms with Gasteiger partial charge in [0.15, 0.2) is 0 Å². The van der Waals surface area contributed by atoms with Gasteiger partial charge in [0.1, 0.15) is 11.5 Å². The second-order valence-electron chi connectivity index (χ2n) is 7.25. The van der Waals surface area contributed by atoms with Crippen LogP contribution in [0.25, 0.3) is 0 Å². The largest absolute Gasteiger partial charge is 0.497 e. The molecule has 2 heterocycles. The molecule has 2 aromatic rings. The number of allylic oxidation sites excluding steroid dienone is 1. The highest BCUT2D eigenvalue weighted by molar-refractivity contribution is 8.03. The molecule has 1 fully saturated rings. The van der Waals surface area contributed by atoms with Crippen molar-refractivity contribution in [1.82, 2.24) is 9.80 Å². The predicted molar refractivity (Wildman–Crippen MR) is 116 cm³/mol. The molecule has 0 radical (unpaired) electrons. The lowest BCUT2D eigenvalue weighted by molar-refractivity contribution is -0.131. The normalized spacial score (nSPS) is 19.3. The van der Waals surface area contributed by atoms with E-state index < -0.39 is 0 Å². The molecular formula is C23H23N3O3S. The molecule has 0 N–H and O–H groups in total. The third kappa shape index (κ3) is 3.89. The van der Waals surface area contributed by atoms with Gasteiger partial charge < -0.3 is 9.47 Å². The van der Waals surface area contributed by atoms with Crippen molar-refractivity contribution in [2.24, 2.45) is 0 Å². The van der Waals surface area contributed by atoms with Gasteiger partial charge in [-0.2, -0.15) is 5.26 Å². The highest BCUT2D eigenvalue weighted by Gasteiger charge is 2.39. The van der Waals surface area contributed by atoms with Crippen LogP contribution in [0.1, 0.15) is 23.5 Å². The van der Waals surface area contributed by atoms with Gasteiger partial charge in [-0.3, -0.25) is 14.6 Å². The van der Waals surface area contributed by atoms with Gasteiger partial charge in [-0.1, -0.05) is 42.1 Å². The Kier molecular flexibility index (Phi) is 5.98. The Hall–Kier alpha value is -2.95. The topological polar surface area (TPSA) is 65.8 Å². The maximum absolute atomic E-state index is 13.1. The van der Waals surface area contributed by atoms with Crippen LogP contribution in [0.3, 0.4) is 0 Å². The van der Waals surface area contributed by atoms with E-state index in [-0.39, 0.29) is 18.2 Å². The first-order valence-corrected chi connectivity index (χ1v) is 10.7. The van der Waals surface area contributed by atoms with E-state index in [9.17, 15) is 10.1 Å². The van der Waals surface area contributed by atoms with Crippen molar-refractivity contribution in [2.45, 2.75) is 18.9 Å². The third-order valence-electron chi connectivity index (χ3n) is 5.41. The van der Waals surface area contributed by atoms with E-state index in [2.05, 4.69) is 23.1 Å². The van der Waals surface area contributed by atoms with Gasteiger partial charge in [0.05, 0.1) is 43.4 Å². The zero-order valence-corrected chi connectivity index (χ0v) is 17.8. The van der Waals surface area contributed by atoms with Crippen LogP contribution in [-0.2, 0) is 11.3 Å². The van der Waals surface area contributed by atoms with Crippen LogP contribution in [0, 0.1) is 11.3 Å². The van der Waals surface area contributed by atoms with Gasteiger partial charge in [-0.15, -0.1) is 0 Å². The van der Waals surface area contributed by atoms with Crippen molar-refractivity contribution in [3.8, 4) is 17.6 Å². The predicted octanol–water partition coefficient (Wildman–Crippen LogP) is 3.92. The monoisotopic (exact) mass is 421 g/mol. The molecule has 6 nitrogen and oxygen atoms in total. The number of methoxy groups -OCH3 is 2. The number of thioether (sulfide) groups is 1. The zero-order chi connectivity index (χ0) is 21.1. The molecule has 2 aromatic carbocycles. The highest BCUT2D eigenvalue weighted by Crippen LogP contribution is 2.45. The van der Waals surface area contributed by atoms with Crippen LogP contribution in [0.2, 0.25) is 0 Å². The van der Waals surface area contributed by atoms with Crippen LogP contribution in [0.4, 0.5) is 0 Å². The molecule has 154 valence electrons. The first-order valence-electron chi connectivity index (χ1n) is 9.70.